The molecule has 0 saturated carbocycles. The molecule has 2 aromatic rings. The Morgan fingerprint density at radius 3 is 2.64 bits per heavy atom. The zero-order valence-electron chi connectivity index (χ0n) is 13.8. The smallest absolute Gasteiger partial charge is 0.358 e. The number of amides is 1. The summed E-state index contributed by atoms with van der Waals surface area (Å²) in [5, 5.41) is 2.33. The second-order valence-corrected chi connectivity index (χ2v) is 6.19. The number of esters is 1. The first-order valence-corrected chi connectivity index (χ1v) is 8.68. The van der Waals surface area contributed by atoms with Crippen LogP contribution in [0.2, 0.25) is 0 Å². The molecule has 25 heavy (non-hydrogen) atoms. The predicted molar refractivity (Wildman–Crippen MR) is 91.8 cm³/mol. The largest absolute Gasteiger partial charge is 0.497 e. The first kappa shape index (κ1) is 17.4. The number of nitrogens with zero attached hydrogens (tertiary/aromatic N) is 2. The van der Waals surface area contributed by atoms with Gasteiger partial charge in [0.25, 0.3) is 5.91 Å². The number of ether oxygens (including phenoxy) is 3. The zero-order valence-corrected chi connectivity index (χ0v) is 14.6. The fourth-order valence-electron chi connectivity index (χ4n) is 2.34. The van der Waals surface area contributed by atoms with Gasteiger partial charge in [0.2, 0.25) is 0 Å². The van der Waals surface area contributed by atoms with E-state index in [9.17, 15) is 9.59 Å². The van der Waals surface area contributed by atoms with Crippen LogP contribution in [0.5, 0.6) is 5.75 Å². The predicted octanol–water partition coefficient (Wildman–Crippen LogP) is 1.83. The highest BCUT2D eigenvalue weighted by Gasteiger charge is 2.20. The number of carbonyl (C=O) groups excluding carboxylic acids is 2. The summed E-state index contributed by atoms with van der Waals surface area (Å²) in [6.07, 6.45) is 0. The topological polar surface area (TPSA) is 78.0 Å². The molecule has 2 heterocycles. The van der Waals surface area contributed by atoms with Crippen LogP contribution in [-0.2, 0) is 14.3 Å². The van der Waals surface area contributed by atoms with E-state index >= 15 is 0 Å². The van der Waals surface area contributed by atoms with Crippen LogP contribution in [0.4, 0.5) is 0 Å². The molecule has 3 rings (SSSR count). The van der Waals surface area contributed by atoms with E-state index in [1.807, 2.05) is 24.3 Å². The van der Waals surface area contributed by atoms with Gasteiger partial charge in [0.1, 0.15) is 10.8 Å². The summed E-state index contributed by atoms with van der Waals surface area (Å²) in [6.45, 7) is 1.78. The van der Waals surface area contributed by atoms with E-state index in [0.29, 0.717) is 31.3 Å². The summed E-state index contributed by atoms with van der Waals surface area (Å²) in [6, 6.07) is 7.40. The van der Waals surface area contributed by atoms with Crippen molar-refractivity contribution in [1.82, 2.24) is 9.88 Å². The molecule has 1 aromatic heterocycles. The molecule has 7 nitrogen and oxygen atoms in total. The Bertz CT molecular complexity index is 738. The maximum atomic E-state index is 12.1. The summed E-state index contributed by atoms with van der Waals surface area (Å²) in [4.78, 5) is 30.0. The van der Waals surface area contributed by atoms with Crippen LogP contribution in [0.25, 0.3) is 10.6 Å². The summed E-state index contributed by atoms with van der Waals surface area (Å²) in [7, 11) is 1.60. The van der Waals surface area contributed by atoms with Gasteiger partial charge in [-0.2, -0.15) is 0 Å². The fraction of sp³-hybridized carbons (Fsp3) is 0.353. The Kier molecular flexibility index (Phi) is 5.62. The first-order chi connectivity index (χ1) is 12.2. The lowest BCUT2D eigenvalue weighted by molar-refractivity contribution is -0.138. The number of hydrogen-bond acceptors (Lipinski definition) is 7. The van der Waals surface area contributed by atoms with Gasteiger partial charge in [-0.05, 0) is 24.3 Å². The van der Waals surface area contributed by atoms with Gasteiger partial charge in [-0.1, -0.05) is 0 Å². The second-order valence-electron chi connectivity index (χ2n) is 5.34. The lowest BCUT2D eigenvalue weighted by atomic mass is 10.2. The van der Waals surface area contributed by atoms with Gasteiger partial charge in [0.05, 0.1) is 20.3 Å². The summed E-state index contributed by atoms with van der Waals surface area (Å²) in [5.74, 6) is -0.0681. The first-order valence-electron chi connectivity index (χ1n) is 7.80. The van der Waals surface area contributed by atoms with Crippen LogP contribution < -0.4 is 4.74 Å². The molecule has 8 heteroatoms. The average molecular weight is 362 g/mol. The number of methoxy groups -OCH3 is 1. The van der Waals surface area contributed by atoms with Crippen molar-refractivity contribution in [3.05, 3.63) is 35.3 Å². The molecule has 0 aliphatic carbocycles. The molecule has 0 unspecified atom stereocenters. The van der Waals surface area contributed by atoms with Crippen LogP contribution in [-0.4, -0.2) is 61.8 Å². The molecular weight excluding hydrogens is 344 g/mol. The van der Waals surface area contributed by atoms with Gasteiger partial charge < -0.3 is 19.1 Å². The third-order valence-electron chi connectivity index (χ3n) is 3.74. The van der Waals surface area contributed by atoms with Crippen molar-refractivity contribution >= 4 is 23.2 Å². The summed E-state index contributed by atoms with van der Waals surface area (Å²) < 4.78 is 15.4. The molecule has 0 bridgehead atoms. The Labute approximate surface area is 149 Å². The molecule has 132 valence electrons. The van der Waals surface area contributed by atoms with Crippen molar-refractivity contribution < 1.29 is 23.8 Å². The van der Waals surface area contributed by atoms with Crippen molar-refractivity contribution in [2.45, 2.75) is 0 Å². The maximum absolute atomic E-state index is 12.1. The van der Waals surface area contributed by atoms with E-state index in [-0.39, 0.29) is 18.2 Å². The molecule has 0 spiro atoms. The van der Waals surface area contributed by atoms with E-state index in [1.54, 1.807) is 17.4 Å². The fourth-order valence-corrected chi connectivity index (χ4v) is 3.13. The van der Waals surface area contributed by atoms with E-state index in [0.717, 1.165) is 11.3 Å². The molecule has 1 aliphatic heterocycles. The zero-order chi connectivity index (χ0) is 17.6. The highest BCUT2D eigenvalue weighted by atomic mass is 32.1. The van der Waals surface area contributed by atoms with Gasteiger partial charge in [-0.25, -0.2) is 9.78 Å². The van der Waals surface area contributed by atoms with E-state index in [1.165, 1.54) is 11.3 Å². The Morgan fingerprint density at radius 1 is 1.24 bits per heavy atom. The highest BCUT2D eigenvalue weighted by Crippen LogP contribution is 2.25. The van der Waals surface area contributed by atoms with Crippen molar-refractivity contribution in [2.24, 2.45) is 0 Å². The molecule has 1 aliphatic rings. The van der Waals surface area contributed by atoms with Crippen molar-refractivity contribution in [3.8, 4) is 16.3 Å². The third-order valence-corrected chi connectivity index (χ3v) is 4.63. The van der Waals surface area contributed by atoms with Crippen LogP contribution >= 0.6 is 11.3 Å². The van der Waals surface area contributed by atoms with Crippen LogP contribution in [0.3, 0.4) is 0 Å². The van der Waals surface area contributed by atoms with Crippen LogP contribution in [0.1, 0.15) is 10.5 Å². The van der Waals surface area contributed by atoms with Gasteiger partial charge in [-0.3, -0.25) is 4.79 Å². The van der Waals surface area contributed by atoms with Crippen LogP contribution in [0, 0.1) is 0 Å². The van der Waals surface area contributed by atoms with Crippen molar-refractivity contribution in [3.63, 3.8) is 0 Å². The number of carbonyl (C=O) groups is 2. The number of benzene rings is 1. The molecule has 0 atom stereocenters. The number of hydrogen-bond donors (Lipinski definition) is 0. The lowest BCUT2D eigenvalue weighted by Crippen LogP contribution is -2.42. The van der Waals surface area contributed by atoms with Crippen molar-refractivity contribution in [2.75, 3.05) is 40.0 Å². The van der Waals surface area contributed by atoms with Gasteiger partial charge in [0, 0.05) is 24.0 Å². The van der Waals surface area contributed by atoms with Crippen LogP contribution in [0.15, 0.2) is 29.6 Å². The minimum Gasteiger partial charge on any atom is -0.497 e. The molecule has 1 amide bonds. The Morgan fingerprint density at radius 2 is 1.96 bits per heavy atom. The molecule has 0 radical (unpaired) electrons. The van der Waals surface area contributed by atoms with Gasteiger partial charge in [-0.15, -0.1) is 11.3 Å². The monoisotopic (exact) mass is 362 g/mol. The van der Waals surface area contributed by atoms with E-state index in [2.05, 4.69) is 4.98 Å². The SMILES string of the molecule is COc1ccc(-c2nc(C(=O)OCC(=O)N3CCOCC3)cs2)cc1. The third kappa shape index (κ3) is 4.34. The van der Waals surface area contributed by atoms with E-state index in [4.69, 9.17) is 14.2 Å². The second kappa shape index (κ2) is 8.09. The lowest BCUT2D eigenvalue weighted by Gasteiger charge is -2.26. The number of morpholine rings is 1. The average Bonchev–Trinajstić information content (AvgIpc) is 3.17. The number of rotatable bonds is 5. The Hall–Kier alpha value is -2.45. The molecule has 0 N–H and O–H groups in total. The summed E-state index contributed by atoms with van der Waals surface area (Å²) in [5.41, 5.74) is 1.08. The van der Waals surface area contributed by atoms with Gasteiger partial charge in [0.15, 0.2) is 12.3 Å². The van der Waals surface area contributed by atoms with E-state index < -0.39 is 5.97 Å². The molecule has 1 saturated heterocycles. The summed E-state index contributed by atoms with van der Waals surface area (Å²) >= 11 is 1.34. The number of thiazole rings is 1. The molecule has 1 aromatic carbocycles. The maximum Gasteiger partial charge on any atom is 0.358 e. The minimum absolute atomic E-state index is 0.200. The number of aromatic nitrogens is 1. The minimum atomic E-state index is -0.599. The standard InChI is InChI=1S/C17H18N2O5S/c1-22-13-4-2-12(3-5-13)16-18-14(11-25-16)17(21)24-10-15(20)19-6-8-23-9-7-19/h2-5,11H,6-10H2,1H3. The van der Waals surface area contributed by atoms with Crippen molar-refractivity contribution in [1.29, 1.82) is 0 Å². The normalized spacial score (nSPS) is 14.2. The quantitative estimate of drug-likeness (QED) is 0.755. The molecule has 1 fully saturated rings. The Balaban J connectivity index is 1.57. The molecular formula is C17H18N2O5S. The highest BCUT2D eigenvalue weighted by molar-refractivity contribution is 7.13. The van der Waals surface area contributed by atoms with Gasteiger partial charge >= 0.3 is 5.97 Å².